The second-order valence-electron chi connectivity index (χ2n) is 18.8. The standard InChI is InChI=1S/C50H49NO/c1-49(2)43-7-4-3-6-39(43)40-18-16-38(26-45(40)49)51(36-14-12-34(13-15-36)41-24-30-10-11-35(41)23-30)37-17-19-46-42(25-37)48-44(8-5-9-47(48)52-46)50-27-31-20-32(28-50)22-33(21-31)29-50/h3-9,12-19,25-26,30-33,35,41H,10-11,20-24,27-29H2,1-2H3. The van der Waals surface area contributed by atoms with Crippen molar-refractivity contribution in [3.8, 4) is 11.1 Å². The second-order valence-corrected chi connectivity index (χ2v) is 18.8. The van der Waals surface area contributed by atoms with Crippen LogP contribution in [0.4, 0.5) is 17.1 Å². The van der Waals surface area contributed by atoms with E-state index in [4.69, 9.17) is 4.42 Å². The van der Waals surface area contributed by atoms with Gasteiger partial charge in [0.1, 0.15) is 11.2 Å². The fraction of sp³-hybridized carbons (Fsp3) is 0.400. The van der Waals surface area contributed by atoms with Crippen molar-refractivity contribution in [2.75, 3.05) is 4.90 Å². The Morgan fingerprint density at radius 2 is 1.25 bits per heavy atom. The van der Waals surface area contributed by atoms with Crippen LogP contribution in [0, 0.1) is 29.6 Å². The van der Waals surface area contributed by atoms with Crippen LogP contribution in [0.1, 0.15) is 106 Å². The molecule has 0 aliphatic heterocycles. The normalized spacial score (nSPS) is 30.3. The van der Waals surface area contributed by atoms with Crippen molar-refractivity contribution in [1.29, 1.82) is 0 Å². The Morgan fingerprint density at radius 3 is 2.00 bits per heavy atom. The van der Waals surface area contributed by atoms with Crippen LogP contribution in [0.3, 0.4) is 0 Å². The van der Waals surface area contributed by atoms with Gasteiger partial charge in [0.05, 0.1) is 0 Å². The Balaban J connectivity index is 1.02. The highest BCUT2D eigenvalue weighted by atomic mass is 16.3. The summed E-state index contributed by atoms with van der Waals surface area (Å²) in [4.78, 5) is 2.52. The van der Waals surface area contributed by atoms with Crippen molar-refractivity contribution in [2.45, 2.75) is 94.8 Å². The second kappa shape index (κ2) is 10.6. The van der Waals surface area contributed by atoms with Crippen molar-refractivity contribution in [2.24, 2.45) is 29.6 Å². The molecule has 6 aromatic rings. The monoisotopic (exact) mass is 679 g/mol. The minimum Gasteiger partial charge on any atom is -0.456 e. The van der Waals surface area contributed by atoms with E-state index in [1.165, 1.54) is 120 Å². The van der Waals surface area contributed by atoms with E-state index in [0.717, 1.165) is 46.7 Å². The van der Waals surface area contributed by atoms with Crippen molar-refractivity contribution >= 4 is 39.0 Å². The summed E-state index contributed by atoms with van der Waals surface area (Å²) in [5.41, 5.74) is 14.6. The first kappa shape index (κ1) is 30.2. The fourth-order valence-electron chi connectivity index (χ4n) is 13.6. The van der Waals surface area contributed by atoms with E-state index >= 15 is 0 Å². The first-order valence-corrected chi connectivity index (χ1v) is 20.5. The molecule has 0 saturated heterocycles. The Hall–Kier alpha value is -4.30. The zero-order valence-electron chi connectivity index (χ0n) is 30.7. The smallest absolute Gasteiger partial charge is 0.135 e. The molecule has 6 bridgehead atoms. The quantitative estimate of drug-likeness (QED) is 0.180. The van der Waals surface area contributed by atoms with Crippen molar-refractivity contribution in [1.82, 2.24) is 0 Å². The Kier molecular flexibility index (Phi) is 6.18. The molecule has 6 saturated carbocycles. The van der Waals surface area contributed by atoms with E-state index in [-0.39, 0.29) is 5.41 Å². The van der Waals surface area contributed by atoms with E-state index in [1.807, 2.05) is 0 Å². The highest BCUT2D eigenvalue weighted by Crippen LogP contribution is 2.62. The molecule has 52 heavy (non-hydrogen) atoms. The SMILES string of the molecule is CC1(C)c2ccccc2-c2ccc(N(c3ccc(C4CC5CCC4C5)cc3)c3ccc4oc5cccc(C67CC8CC(CC(C8)C6)C7)c5c4c3)cc21. The topological polar surface area (TPSA) is 16.4 Å². The summed E-state index contributed by atoms with van der Waals surface area (Å²) in [6.45, 7) is 4.79. The number of furan rings is 1. The molecule has 5 aromatic carbocycles. The molecule has 1 aromatic heterocycles. The van der Waals surface area contributed by atoms with Gasteiger partial charge in [-0.15, -0.1) is 0 Å². The maximum Gasteiger partial charge on any atom is 0.135 e. The molecule has 2 nitrogen and oxygen atoms in total. The molecule has 7 aliphatic carbocycles. The van der Waals surface area contributed by atoms with Crippen molar-refractivity contribution in [3.63, 3.8) is 0 Å². The maximum absolute atomic E-state index is 6.70. The summed E-state index contributed by atoms with van der Waals surface area (Å²) in [5, 5.41) is 2.65. The summed E-state index contributed by atoms with van der Waals surface area (Å²) in [5.74, 6) is 5.28. The molecular weight excluding hydrogens is 631 g/mol. The van der Waals surface area contributed by atoms with Gasteiger partial charge < -0.3 is 9.32 Å². The van der Waals surface area contributed by atoms with Crippen LogP contribution in [0.15, 0.2) is 108 Å². The molecule has 3 unspecified atom stereocenters. The molecule has 3 atom stereocenters. The molecule has 0 N–H and O–H groups in total. The molecule has 6 fully saturated rings. The van der Waals surface area contributed by atoms with Gasteiger partial charge in [-0.25, -0.2) is 0 Å². The lowest BCUT2D eigenvalue weighted by atomic mass is 9.48. The zero-order chi connectivity index (χ0) is 34.3. The Bertz CT molecular complexity index is 2370. The summed E-state index contributed by atoms with van der Waals surface area (Å²) >= 11 is 0. The van der Waals surface area contributed by atoms with Gasteiger partial charge in [-0.2, -0.15) is 0 Å². The molecule has 260 valence electrons. The fourth-order valence-corrected chi connectivity index (χ4v) is 13.6. The van der Waals surface area contributed by atoms with E-state index < -0.39 is 0 Å². The predicted molar refractivity (Wildman–Crippen MR) is 214 cm³/mol. The summed E-state index contributed by atoms with van der Waals surface area (Å²) < 4.78 is 6.70. The minimum absolute atomic E-state index is 0.0588. The van der Waals surface area contributed by atoms with Crippen molar-refractivity contribution < 1.29 is 4.42 Å². The van der Waals surface area contributed by atoms with Gasteiger partial charge in [-0.05, 0) is 181 Å². The largest absolute Gasteiger partial charge is 0.456 e. The number of benzene rings is 5. The number of fused-ring (bicyclic) bond motifs is 8. The molecule has 7 aliphatic rings. The molecule has 13 rings (SSSR count). The molecule has 0 amide bonds. The van der Waals surface area contributed by atoms with Gasteiger partial charge in [-0.1, -0.05) is 74.9 Å². The first-order chi connectivity index (χ1) is 25.4. The number of rotatable bonds is 5. The molecular formula is C50H49NO. The highest BCUT2D eigenvalue weighted by molar-refractivity contribution is 6.09. The molecule has 0 spiro atoms. The van der Waals surface area contributed by atoms with Gasteiger partial charge in [0.2, 0.25) is 0 Å². The third-order valence-electron chi connectivity index (χ3n) is 15.5. The molecule has 2 heteroatoms. The maximum atomic E-state index is 6.70. The van der Waals surface area contributed by atoms with Gasteiger partial charge in [-0.3, -0.25) is 0 Å². The van der Waals surface area contributed by atoms with Gasteiger partial charge in [0.25, 0.3) is 0 Å². The van der Waals surface area contributed by atoms with Crippen LogP contribution in [0.25, 0.3) is 33.1 Å². The number of anilines is 3. The summed E-state index contributed by atoms with van der Waals surface area (Å²) in [7, 11) is 0. The Labute approximate surface area is 308 Å². The number of nitrogens with zero attached hydrogens (tertiary/aromatic N) is 1. The van der Waals surface area contributed by atoms with E-state index in [1.54, 1.807) is 5.56 Å². The van der Waals surface area contributed by atoms with Gasteiger partial charge >= 0.3 is 0 Å². The van der Waals surface area contributed by atoms with E-state index in [9.17, 15) is 0 Å². The summed E-state index contributed by atoms with van der Waals surface area (Å²) in [6, 6.07) is 39.9. The average molecular weight is 680 g/mol. The van der Waals surface area contributed by atoms with E-state index in [2.05, 4.69) is 122 Å². The Morgan fingerprint density at radius 1 is 0.558 bits per heavy atom. The van der Waals surface area contributed by atoms with Crippen LogP contribution < -0.4 is 4.90 Å². The lowest BCUT2D eigenvalue weighted by Crippen LogP contribution is -2.48. The van der Waals surface area contributed by atoms with Crippen molar-refractivity contribution in [3.05, 3.63) is 125 Å². The average Bonchev–Trinajstić information content (AvgIpc) is 3.93. The molecule has 0 radical (unpaired) electrons. The predicted octanol–water partition coefficient (Wildman–Crippen LogP) is 13.7. The van der Waals surface area contributed by atoms with Gasteiger partial charge in [0.15, 0.2) is 0 Å². The van der Waals surface area contributed by atoms with Crippen LogP contribution in [-0.4, -0.2) is 0 Å². The van der Waals surface area contributed by atoms with Crippen LogP contribution in [0.5, 0.6) is 0 Å². The van der Waals surface area contributed by atoms with Gasteiger partial charge in [0, 0.05) is 33.2 Å². The van der Waals surface area contributed by atoms with Crippen LogP contribution >= 0.6 is 0 Å². The zero-order valence-corrected chi connectivity index (χ0v) is 30.7. The molecule has 1 heterocycles. The third-order valence-corrected chi connectivity index (χ3v) is 15.5. The number of hydrogen-bond acceptors (Lipinski definition) is 2. The van der Waals surface area contributed by atoms with E-state index in [0.29, 0.717) is 5.41 Å². The lowest BCUT2D eigenvalue weighted by Gasteiger charge is -2.57. The van der Waals surface area contributed by atoms with Crippen LogP contribution in [-0.2, 0) is 10.8 Å². The highest BCUT2D eigenvalue weighted by Gasteiger charge is 2.52. The first-order valence-electron chi connectivity index (χ1n) is 20.5. The third kappa shape index (κ3) is 4.24. The van der Waals surface area contributed by atoms with Crippen LogP contribution in [0.2, 0.25) is 0 Å². The lowest BCUT2D eigenvalue weighted by molar-refractivity contribution is -0.00448. The summed E-state index contributed by atoms with van der Waals surface area (Å²) in [6.07, 6.45) is 14.1. The number of hydrogen-bond donors (Lipinski definition) is 0. The minimum atomic E-state index is -0.0588.